The fraction of sp³-hybridized carbons (Fsp3) is 0.533. The summed E-state index contributed by atoms with van der Waals surface area (Å²) in [7, 11) is 1.94. The number of halogens is 1. The van der Waals surface area contributed by atoms with E-state index in [4.69, 9.17) is 11.6 Å². The molecule has 2 aromatic rings. The van der Waals surface area contributed by atoms with Crippen molar-refractivity contribution in [1.29, 1.82) is 0 Å². The lowest BCUT2D eigenvalue weighted by Gasteiger charge is -2.19. The summed E-state index contributed by atoms with van der Waals surface area (Å²) in [5.74, 6) is 1.57. The molecule has 3 heterocycles. The van der Waals surface area contributed by atoms with Crippen molar-refractivity contribution in [3.63, 3.8) is 0 Å². The second-order valence-electron chi connectivity index (χ2n) is 5.69. The van der Waals surface area contributed by atoms with E-state index in [1.165, 1.54) is 5.69 Å². The zero-order valence-electron chi connectivity index (χ0n) is 13.2. The third kappa shape index (κ3) is 3.02. The van der Waals surface area contributed by atoms with E-state index in [2.05, 4.69) is 32.2 Å². The van der Waals surface area contributed by atoms with Gasteiger partial charge < -0.3 is 10.2 Å². The standard InChI is InChI=1S/C15H21ClN6/c1-4-13-14(16)18-10(2)19-15(13)20-11-5-6-22(8-11)12-7-17-21(3)9-12/h7,9,11H,4-6,8H2,1-3H3,(H,18,19,20). The van der Waals surface area contributed by atoms with Crippen LogP contribution in [0.3, 0.4) is 0 Å². The number of anilines is 2. The minimum atomic E-state index is 0.357. The van der Waals surface area contributed by atoms with Gasteiger partial charge in [0.05, 0.1) is 11.9 Å². The smallest absolute Gasteiger partial charge is 0.138 e. The Morgan fingerprint density at radius 3 is 2.91 bits per heavy atom. The van der Waals surface area contributed by atoms with Gasteiger partial charge in [-0.2, -0.15) is 5.10 Å². The number of nitrogens with zero attached hydrogens (tertiary/aromatic N) is 5. The number of nitrogens with one attached hydrogen (secondary N) is 1. The van der Waals surface area contributed by atoms with Gasteiger partial charge in [-0.15, -0.1) is 0 Å². The lowest BCUT2D eigenvalue weighted by Crippen LogP contribution is -2.26. The summed E-state index contributed by atoms with van der Waals surface area (Å²) < 4.78 is 1.83. The van der Waals surface area contributed by atoms with Crippen molar-refractivity contribution in [2.24, 2.45) is 7.05 Å². The van der Waals surface area contributed by atoms with E-state index in [0.717, 1.165) is 37.3 Å². The maximum absolute atomic E-state index is 6.24. The average Bonchev–Trinajstić information content (AvgIpc) is 3.07. The quantitative estimate of drug-likeness (QED) is 0.877. The molecule has 2 aromatic heterocycles. The lowest BCUT2D eigenvalue weighted by molar-refractivity contribution is 0.767. The first-order valence-electron chi connectivity index (χ1n) is 7.60. The molecule has 6 nitrogen and oxygen atoms in total. The average molecular weight is 321 g/mol. The first kappa shape index (κ1) is 15.1. The Morgan fingerprint density at radius 1 is 1.41 bits per heavy atom. The zero-order chi connectivity index (χ0) is 15.7. The van der Waals surface area contributed by atoms with Gasteiger partial charge in [0.25, 0.3) is 0 Å². The van der Waals surface area contributed by atoms with E-state index in [1.54, 1.807) is 0 Å². The Bertz CT molecular complexity index is 668. The van der Waals surface area contributed by atoms with Gasteiger partial charge in [0.1, 0.15) is 16.8 Å². The molecule has 0 amide bonds. The van der Waals surface area contributed by atoms with E-state index in [-0.39, 0.29) is 0 Å². The molecule has 0 spiro atoms. The predicted molar refractivity (Wildman–Crippen MR) is 88.6 cm³/mol. The van der Waals surface area contributed by atoms with Crippen LogP contribution in [-0.2, 0) is 13.5 Å². The van der Waals surface area contributed by atoms with Gasteiger partial charge in [0.15, 0.2) is 0 Å². The predicted octanol–water partition coefficient (Wildman–Crippen LogP) is 2.43. The molecule has 0 saturated carbocycles. The van der Waals surface area contributed by atoms with Crippen molar-refractivity contribution in [3.8, 4) is 0 Å². The highest BCUT2D eigenvalue weighted by Gasteiger charge is 2.24. The summed E-state index contributed by atoms with van der Waals surface area (Å²) in [5.41, 5.74) is 2.16. The largest absolute Gasteiger partial charge is 0.367 e. The molecule has 0 aromatic carbocycles. The van der Waals surface area contributed by atoms with Crippen LogP contribution in [0.5, 0.6) is 0 Å². The Kier molecular flexibility index (Phi) is 4.20. The number of aryl methyl sites for hydroxylation is 2. The molecular formula is C15H21ClN6. The zero-order valence-corrected chi connectivity index (χ0v) is 13.9. The Labute approximate surface area is 135 Å². The first-order chi connectivity index (χ1) is 10.6. The van der Waals surface area contributed by atoms with Gasteiger partial charge in [-0.3, -0.25) is 4.68 Å². The van der Waals surface area contributed by atoms with E-state index < -0.39 is 0 Å². The van der Waals surface area contributed by atoms with E-state index in [1.807, 2.05) is 31.0 Å². The molecular weight excluding hydrogens is 300 g/mol. The molecule has 1 fully saturated rings. The fourth-order valence-electron chi connectivity index (χ4n) is 2.87. The van der Waals surface area contributed by atoms with Gasteiger partial charge in [-0.25, -0.2) is 9.97 Å². The highest BCUT2D eigenvalue weighted by molar-refractivity contribution is 6.30. The van der Waals surface area contributed by atoms with Crippen molar-refractivity contribution < 1.29 is 0 Å². The van der Waals surface area contributed by atoms with Crippen LogP contribution in [0.4, 0.5) is 11.5 Å². The fourth-order valence-corrected chi connectivity index (χ4v) is 3.22. The Balaban J connectivity index is 1.72. The van der Waals surface area contributed by atoms with Crippen LogP contribution in [0, 0.1) is 6.92 Å². The maximum atomic E-state index is 6.24. The molecule has 1 unspecified atom stereocenters. The number of hydrogen-bond donors (Lipinski definition) is 1. The van der Waals surface area contributed by atoms with Gasteiger partial charge in [0, 0.05) is 37.9 Å². The van der Waals surface area contributed by atoms with Crippen LogP contribution >= 0.6 is 11.6 Å². The van der Waals surface area contributed by atoms with Crippen LogP contribution in [0.2, 0.25) is 5.15 Å². The summed E-state index contributed by atoms with van der Waals surface area (Å²) in [6, 6.07) is 0.357. The monoisotopic (exact) mass is 320 g/mol. The highest BCUT2D eigenvalue weighted by Crippen LogP contribution is 2.25. The van der Waals surface area contributed by atoms with Crippen molar-refractivity contribution in [2.75, 3.05) is 23.3 Å². The SMILES string of the molecule is CCc1c(Cl)nc(C)nc1NC1CCN(c2cnn(C)c2)C1. The van der Waals surface area contributed by atoms with E-state index >= 15 is 0 Å². The molecule has 0 radical (unpaired) electrons. The number of aromatic nitrogens is 4. The molecule has 3 rings (SSSR count). The van der Waals surface area contributed by atoms with Crippen LogP contribution in [-0.4, -0.2) is 38.9 Å². The van der Waals surface area contributed by atoms with E-state index in [9.17, 15) is 0 Å². The van der Waals surface area contributed by atoms with E-state index in [0.29, 0.717) is 17.0 Å². The minimum Gasteiger partial charge on any atom is -0.367 e. The molecule has 0 aliphatic carbocycles. The van der Waals surface area contributed by atoms with Crippen molar-refractivity contribution in [2.45, 2.75) is 32.7 Å². The molecule has 1 aliphatic heterocycles. The summed E-state index contributed by atoms with van der Waals surface area (Å²) in [5, 5.41) is 8.34. The summed E-state index contributed by atoms with van der Waals surface area (Å²) in [4.78, 5) is 11.1. The Morgan fingerprint density at radius 2 is 2.23 bits per heavy atom. The van der Waals surface area contributed by atoms with Crippen LogP contribution < -0.4 is 10.2 Å². The molecule has 118 valence electrons. The third-order valence-corrected chi connectivity index (χ3v) is 4.32. The highest BCUT2D eigenvalue weighted by atomic mass is 35.5. The van der Waals surface area contributed by atoms with Gasteiger partial charge in [0.2, 0.25) is 0 Å². The second kappa shape index (κ2) is 6.12. The topological polar surface area (TPSA) is 58.9 Å². The number of rotatable bonds is 4. The lowest BCUT2D eigenvalue weighted by atomic mass is 10.2. The summed E-state index contributed by atoms with van der Waals surface area (Å²) in [6.07, 6.45) is 5.84. The molecule has 22 heavy (non-hydrogen) atoms. The molecule has 7 heteroatoms. The Hall–Kier alpha value is -1.82. The summed E-state index contributed by atoms with van der Waals surface area (Å²) in [6.45, 7) is 5.90. The minimum absolute atomic E-state index is 0.357. The molecule has 0 bridgehead atoms. The molecule has 1 atom stereocenters. The normalized spacial score (nSPS) is 18.0. The van der Waals surface area contributed by atoms with Gasteiger partial charge >= 0.3 is 0 Å². The third-order valence-electron chi connectivity index (χ3n) is 4.01. The van der Waals surface area contributed by atoms with Crippen LogP contribution in [0.15, 0.2) is 12.4 Å². The second-order valence-corrected chi connectivity index (χ2v) is 6.05. The van der Waals surface area contributed by atoms with Crippen LogP contribution in [0.1, 0.15) is 24.7 Å². The molecule has 1 aliphatic rings. The first-order valence-corrected chi connectivity index (χ1v) is 7.97. The van der Waals surface area contributed by atoms with Gasteiger partial charge in [-0.05, 0) is 19.8 Å². The molecule has 1 N–H and O–H groups in total. The van der Waals surface area contributed by atoms with Gasteiger partial charge in [-0.1, -0.05) is 18.5 Å². The van der Waals surface area contributed by atoms with Crippen molar-refractivity contribution in [1.82, 2.24) is 19.7 Å². The van der Waals surface area contributed by atoms with Crippen molar-refractivity contribution >= 4 is 23.1 Å². The summed E-state index contributed by atoms with van der Waals surface area (Å²) >= 11 is 6.24. The van der Waals surface area contributed by atoms with Crippen molar-refractivity contribution in [3.05, 3.63) is 28.9 Å². The number of hydrogen-bond acceptors (Lipinski definition) is 5. The maximum Gasteiger partial charge on any atom is 0.138 e. The molecule has 1 saturated heterocycles. The van der Waals surface area contributed by atoms with Crippen LogP contribution in [0.25, 0.3) is 0 Å².